The minimum Gasteiger partial charge on any atom is -0.394 e. The van der Waals surface area contributed by atoms with E-state index in [1.165, 1.54) is 11.1 Å². The third kappa shape index (κ3) is 3.71. The summed E-state index contributed by atoms with van der Waals surface area (Å²) in [7, 11) is 1.94. The predicted molar refractivity (Wildman–Crippen MR) is 81.8 cm³/mol. The summed E-state index contributed by atoms with van der Waals surface area (Å²) in [5.41, 5.74) is 4.67. The van der Waals surface area contributed by atoms with Crippen LogP contribution >= 0.6 is 0 Å². The largest absolute Gasteiger partial charge is 0.394 e. The first-order valence-corrected chi connectivity index (χ1v) is 7.38. The molecule has 0 aliphatic carbocycles. The van der Waals surface area contributed by atoms with Gasteiger partial charge in [-0.1, -0.05) is 6.92 Å². The Bertz CT molecular complexity index is 587. The lowest BCUT2D eigenvalue weighted by molar-refractivity contribution is 0.265. The number of aryl methyl sites for hydroxylation is 2. The van der Waals surface area contributed by atoms with Gasteiger partial charge in [0.25, 0.3) is 0 Å². The first-order valence-electron chi connectivity index (χ1n) is 7.38. The number of hydrogen-bond acceptors (Lipinski definition) is 4. The lowest BCUT2D eigenvalue weighted by Crippen LogP contribution is -2.23. The quantitative estimate of drug-likeness (QED) is 0.834. The van der Waals surface area contributed by atoms with Gasteiger partial charge in [-0.15, -0.1) is 0 Å². The van der Waals surface area contributed by atoms with Crippen molar-refractivity contribution in [3.05, 3.63) is 34.9 Å². The molecule has 0 aliphatic heterocycles. The van der Waals surface area contributed by atoms with Gasteiger partial charge in [-0.3, -0.25) is 14.3 Å². The molecule has 0 amide bonds. The van der Waals surface area contributed by atoms with Gasteiger partial charge >= 0.3 is 0 Å². The lowest BCUT2D eigenvalue weighted by Gasteiger charge is -2.20. The molecule has 0 saturated carbocycles. The Morgan fingerprint density at radius 2 is 2.05 bits per heavy atom. The Labute approximate surface area is 126 Å². The Balaban J connectivity index is 2.11. The average molecular weight is 291 g/mol. The topological polar surface area (TPSA) is 59.1 Å². The molecule has 2 aromatic rings. The second-order valence-corrected chi connectivity index (χ2v) is 5.42. The zero-order valence-electron chi connectivity index (χ0n) is 13.4. The third-order valence-corrected chi connectivity index (χ3v) is 3.84. The molecule has 0 aromatic carbocycles. The monoisotopic (exact) mass is 291 g/mol. The van der Waals surface area contributed by atoms with Crippen molar-refractivity contribution in [1.82, 2.24) is 24.5 Å². The standard InChI is InChI=1S/C15H25N5O/c1-5-19(10-14-8-16-18(4)9-14)11-15-12(2)17-20(6-7-21)13(15)3/h8-9,21H,5-7,10-11H2,1-4H3. The second-order valence-electron chi connectivity index (χ2n) is 5.42. The van der Waals surface area contributed by atoms with Crippen LogP contribution in [-0.2, 0) is 26.7 Å². The molecule has 116 valence electrons. The van der Waals surface area contributed by atoms with Crippen molar-refractivity contribution in [1.29, 1.82) is 0 Å². The number of aliphatic hydroxyl groups is 1. The Morgan fingerprint density at radius 1 is 1.29 bits per heavy atom. The minimum atomic E-state index is 0.120. The SMILES string of the molecule is CCN(Cc1cnn(C)c1)Cc1c(C)nn(CCO)c1C. The van der Waals surface area contributed by atoms with Crippen molar-refractivity contribution in [2.75, 3.05) is 13.2 Å². The summed E-state index contributed by atoms with van der Waals surface area (Å²) in [6.07, 6.45) is 3.97. The summed E-state index contributed by atoms with van der Waals surface area (Å²) < 4.78 is 3.72. The highest BCUT2D eigenvalue weighted by Gasteiger charge is 2.15. The lowest BCUT2D eigenvalue weighted by atomic mass is 10.1. The molecule has 2 heterocycles. The number of nitrogens with zero attached hydrogens (tertiary/aromatic N) is 5. The van der Waals surface area contributed by atoms with Crippen LogP contribution < -0.4 is 0 Å². The number of aromatic nitrogens is 4. The predicted octanol–water partition coefficient (Wildman–Crippen LogP) is 1.25. The Morgan fingerprint density at radius 3 is 2.62 bits per heavy atom. The van der Waals surface area contributed by atoms with Crippen LogP contribution in [0.3, 0.4) is 0 Å². The molecule has 0 radical (unpaired) electrons. The maximum atomic E-state index is 9.09. The minimum absolute atomic E-state index is 0.120. The fraction of sp³-hybridized carbons (Fsp3) is 0.600. The first-order chi connectivity index (χ1) is 10.0. The van der Waals surface area contributed by atoms with E-state index >= 15 is 0 Å². The van der Waals surface area contributed by atoms with Crippen LogP contribution in [0, 0.1) is 13.8 Å². The zero-order valence-corrected chi connectivity index (χ0v) is 13.4. The highest BCUT2D eigenvalue weighted by atomic mass is 16.3. The molecule has 0 unspecified atom stereocenters. The number of aliphatic hydroxyl groups excluding tert-OH is 1. The molecule has 6 nitrogen and oxygen atoms in total. The van der Waals surface area contributed by atoms with E-state index < -0.39 is 0 Å². The molecule has 2 aromatic heterocycles. The van der Waals surface area contributed by atoms with E-state index in [1.807, 2.05) is 29.5 Å². The van der Waals surface area contributed by atoms with E-state index in [0.717, 1.165) is 31.0 Å². The summed E-state index contributed by atoms with van der Waals surface area (Å²) in [5.74, 6) is 0. The van der Waals surface area contributed by atoms with Crippen molar-refractivity contribution in [3.8, 4) is 0 Å². The highest BCUT2D eigenvalue weighted by molar-refractivity contribution is 5.24. The summed E-state index contributed by atoms with van der Waals surface area (Å²) in [5, 5.41) is 17.8. The van der Waals surface area contributed by atoms with Crippen molar-refractivity contribution in [3.63, 3.8) is 0 Å². The van der Waals surface area contributed by atoms with Crippen molar-refractivity contribution in [2.45, 2.75) is 40.4 Å². The van der Waals surface area contributed by atoms with Gasteiger partial charge in [0.05, 0.1) is 25.0 Å². The Kier molecular flexibility index (Phi) is 5.14. The summed E-state index contributed by atoms with van der Waals surface area (Å²) in [6.45, 7) is 9.67. The van der Waals surface area contributed by atoms with Crippen LogP contribution in [0.25, 0.3) is 0 Å². The van der Waals surface area contributed by atoms with Crippen molar-refractivity contribution < 1.29 is 5.11 Å². The average Bonchev–Trinajstić information content (AvgIpc) is 2.97. The molecule has 2 rings (SSSR count). The van der Waals surface area contributed by atoms with Gasteiger partial charge < -0.3 is 5.11 Å². The summed E-state index contributed by atoms with van der Waals surface area (Å²) >= 11 is 0. The van der Waals surface area contributed by atoms with Gasteiger partial charge in [-0.05, 0) is 20.4 Å². The molecule has 0 saturated heterocycles. The van der Waals surface area contributed by atoms with Crippen LogP contribution in [-0.4, -0.2) is 42.7 Å². The number of rotatable bonds is 7. The van der Waals surface area contributed by atoms with E-state index in [4.69, 9.17) is 5.11 Å². The molecule has 0 spiro atoms. The molecule has 1 N–H and O–H groups in total. The van der Waals surface area contributed by atoms with Gasteiger partial charge in [0.1, 0.15) is 0 Å². The second kappa shape index (κ2) is 6.87. The summed E-state index contributed by atoms with van der Waals surface area (Å²) in [6, 6.07) is 0. The van der Waals surface area contributed by atoms with E-state index in [-0.39, 0.29) is 6.61 Å². The maximum Gasteiger partial charge on any atom is 0.0644 e. The Hall–Kier alpha value is -1.66. The fourth-order valence-electron chi connectivity index (χ4n) is 2.59. The van der Waals surface area contributed by atoms with E-state index in [1.54, 1.807) is 0 Å². The van der Waals surface area contributed by atoms with Crippen LogP contribution in [0.4, 0.5) is 0 Å². The normalized spacial score (nSPS) is 11.5. The maximum absolute atomic E-state index is 9.09. The molecule has 0 atom stereocenters. The molecular formula is C15H25N5O. The molecule has 0 bridgehead atoms. The summed E-state index contributed by atoms with van der Waals surface area (Å²) in [4.78, 5) is 2.37. The van der Waals surface area contributed by atoms with E-state index in [9.17, 15) is 0 Å². The van der Waals surface area contributed by atoms with Gasteiger partial charge in [-0.2, -0.15) is 10.2 Å². The third-order valence-electron chi connectivity index (χ3n) is 3.84. The van der Waals surface area contributed by atoms with Gasteiger partial charge in [0, 0.05) is 43.2 Å². The molecular weight excluding hydrogens is 266 g/mol. The van der Waals surface area contributed by atoms with Gasteiger partial charge in [0.2, 0.25) is 0 Å². The number of hydrogen-bond donors (Lipinski definition) is 1. The van der Waals surface area contributed by atoms with Crippen LogP contribution in [0.15, 0.2) is 12.4 Å². The molecule has 0 aliphatic rings. The van der Waals surface area contributed by atoms with Gasteiger partial charge in [-0.25, -0.2) is 0 Å². The van der Waals surface area contributed by atoms with E-state index in [0.29, 0.717) is 6.54 Å². The highest BCUT2D eigenvalue weighted by Crippen LogP contribution is 2.17. The van der Waals surface area contributed by atoms with Gasteiger partial charge in [0.15, 0.2) is 0 Å². The molecule has 0 fully saturated rings. The molecule has 21 heavy (non-hydrogen) atoms. The smallest absolute Gasteiger partial charge is 0.0644 e. The van der Waals surface area contributed by atoms with Crippen LogP contribution in [0.2, 0.25) is 0 Å². The first kappa shape index (κ1) is 15.7. The van der Waals surface area contributed by atoms with Crippen LogP contribution in [0.1, 0.15) is 29.4 Å². The van der Waals surface area contributed by atoms with Crippen molar-refractivity contribution in [2.24, 2.45) is 7.05 Å². The van der Waals surface area contributed by atoms with Crippen molar-refractivity contribution >= 4 is 0 Å². The molecule has 6 heteroatoms. The van der Waals surface area contributed by atoms with Crippen LogP contribution in [0.5, 0.6) is 0 Å². The fourth-order valence-corrected chi connectivity index (χ4v) is 2.59. The zero-order chi connectivity index (χ0) is 15.4. The van der Waals surface area contributed by atoms with E-state index in [2.05, 4.69) is 35.1 Å².